The van der Waals surface area contributed by atoms with Gasteiger partial charge in [0.1, 0.15) is 5.82 Å². The van der Waals surface area contributed by atoms with E-state index in [1.807, 2.05) is 0 Å². The van der Waals surface area contributed by atoms with Crippen LogP contribution in [0.1, 0.15) is 17.5 Å². The molecule has 0 saturated carbocycles. The number of nitrogens with one attached hydrogen (secondary N) is 1. The zero-order chi connectivity index (χ0) is 17.6. The smallest absolute Gasteiger partial charge is 0.220 e. The monoisotopic (exact) mass is 349 g/mol. The zero-order valence-corrected chi connectivity index (χ0v) is 14.3. The molecule has 1 amide bonds. The summed E-state index contributed by atoms with van der Waals surface area (Å²) in [6, 6.07) is 13.0. The van der Waals surface area contributed by atoms with E-state index in [0.717, 1.165) is 11.8 Å². The molecule has 0 aliphatic carbocycles. The van der Waals surface area contributed by atoms with Crippen LogP contribution in [-0.4, -0.2) is 27.1 Å². The van der Waals surface area contributed by atoms with Gasteiger partial charge in [-0.05, 0) is 42.2 Å². The van der Waals surface area contributed by atoms with Gasteiger partial charge >= 0.3 is 0 Å². The number of halogens is 1. The molecule has 0 unspecified atom stereocenters. The van der Waals surface area contributed by atoms with Gasteiger partial charge in [0.25, 0.3) is 0 Å². The van der Waals surface area contributed by atoms with Crippen molar-refractivity contribution in [3.05, 3.63) is 65.5 Å². The Morgan fingerprint density at radius 2 is 1.71 bits per heavy atom. The van der Waals surface area contributed by atoms with E-state index in [0.29, 0.717) is 24.9 Å². The Labute approximate surface area is 141 Å². The molecule has 2 rings (SSSR count). The van der Waals surface area contributed by atoms with Crippen molar-refractivity contribution in [3.63, 3.8) is 0 Å². The minimum Gasteiger partial charge on any atom is -0.356 e. The van der Waals surface area contributed by atoms with Gasteiger partial charge < -0.3 is 5.32 Å². The SMILES string of the molecule is CS(=O)(=O)c1ccc(CCNC(=O)CCc2ccccc2F)cc1. The topological polar surface area (TPSA) is 63.2 Å². The van der Waals surface area contributed by atoms with Crippen molar-refractivity contribution >= 4 is 15.7 Å². The van der Waals surface area contributed by atoms with E-state index < -0.39 is 9.84 Å². The largest absolute Gasteiger partial charge is 0.356 e. The molecule has 128 valence electrons. The molecule has 24 heavy (non-hydrogen) atoms. The molecule has 1 N–H and O–H groups in total. The van der Waals surface area contributed by atoms with E-state index in [-0.39, 0.29) is 23.0 Å². The summed E-state index contributed by atoms with van der Waals surface area (Å²) in [5.74, 6) is -0.428. The predicted molar refractivity (Wildman–Crippen MR) is 91.0 cm³/mol. The van der Waals surface area contributed by atoms with Crippen molar-refractivity contribution in [2.45, 2.75) is 24.2 Å². The van der Waals surface area contributed by atoms with Gasteiger partial charge in [-0.15, -0.1) is 0 Å². The van der Waals surface area contributed by atoms with E-state index in [1.54, 1.807) is 42.5 Å². The third-order valence-electron chi connectivity index (χ3n) is 3.67. The molecule has 2 aromatic carbocycles. The van der Waals surface area contributed by atoms with E-state index in [4.69, 9.17) is 0 Å². The Balaban J connectivity index is 1.75. The predicted octanol–water partition coefficient (Wildman–Crippen LogP) is 2.52. The highest BCUT2D eigenvalue weighted by atomic mass is 32.2. The maximum atomic E-state index is 13.5. The molecule has 0 aliphatic heterocycles. The molecule has 0 bridgehead atoms. The summed E-state index contributed by atoms with van der Waals surface area (Å²) in [6.07, 6.45) is 2.36. The average molecular weight is 349 g/mol. The first-order valence-electron chi connectivity index (χ1n) is 7.65. The minimum absolute atomic E-state index is 0.133. The molecular weight excluding hydrogens is 329 g/mol. The Bertz CT molecular complexity index is 801. The molecule has 0 aromatic heterocycles. The third kappa shape index (κ3) is 5.45. The number of rotatable bonds is 7. The maximum Gasteiger partial charge on any atom is 0.220 e. The van der Waals surface area contributed by atoms with Crippen LogP contribution in [0.5, 0.6) is 0 Å². The van der Waals surface area contributed by atoms with E-state index in [2.05, 4.69) is 5.32 Å². The lowest BCUT2D eigenvalue weighted by Gasteiger charge is -2.07. The summed E-state index contributed by atoms with van der Waals surface area (Å²) >= 11 is 0. The van der Waals surface area contributed by atoms with Gasteiger partial charge in [-0.1, -0.05) is 30.3 Å². The second kappa shape index (κ2) is 8.06. The summed E-state index contributed by atoms with van der Waals surface area (Å²) in [6.45, 7) is 0.453. The average Bonchev–Trinajstić information content (AvgIpc) is 2.54. The summed E-state index contributed by atoms with van der Waals surface area (Å²) in [5, 5.41) is 2.79. The van der Waals surface area contributed by atoms with E-state index >= 15 is 0 Å². The number of carbonyl (C=O) groups is 1. The number of amides is 1. The third-order valence-corrected chi connectivity index (χ3v) is 4.80. The maximum absolute atomic E-state index is 13.5. The van der Waals surface area contributed by atoms with Gasteiger partial charge in [-0.2, -0.15) is 0 Å². The first-order chi connectivity index (χ1) is 11.4. The minimum atomic E-state index is -3.19. The molecule has 6 heteroatoms. The van der Waals surface area contributed by atoms with E-state index in [9.17, 15) is 17.6 Å². The first-order valence-corrected chi connectivity index (χ1v) is 9.54. The standard InChI is InChI=1S/C18H20FNO3S/c1-24(22,23)16-9-6-14(7-10-16)12-13-20-18(21)11-8-15-4-2-3-5-17(15)19/h2-7,9-10H,8,11-13H2,1H3,(H,20,21). The lowest BCUT2D eigenvalue weighted by Crippen LogP contribution is -2.26. The highest BCUT2D eigenvalue weighted by molar-refractivity contribution is 7.90. The number of hydrogen-bond acceptors (Lipinski definition) is 3. The summed E-state index contributed by atoms with van der Waals surface area (Å²) in [7, 11) is -3.19. The van der Waals surface area contributed by atoms with Gasteiger partial charge in [0.15, 0.2) is 9.84 Å². The lowest BCUT2D eigenvalue weighted by molar-refractivity contribution is -0.121. The van der Waals surface area contributed by atoms with Crippen molar-refractivity contribution in [1.29, 1.82) is 0 Å². The van der Waals surface area contributed by atoms with Crippen molar-refractivity contribution in [1.82, 2.24) is 5.32 Å². The molecule has 0 saturated heterocycles. The van der Waals surface area contributed by atoms with Crippen LogP contribution in [0.4, 0.5) is 4.39 Å². The molecule has 0 spiro atoms. The van der Waals surface area contributed by atoms with Gasteiger partial charge in [-0.25, -0.2) is 12.8 Å². The molecule has 0 atom stereocenters. The number of hydrogen-bond donors (Lipinski definition) is 1. The zero-order valence-electron chi connectivity index (χ0n) is 13.5. The van der Waals surface area contributed by atoms with Crippen molar-refractivity contribution < 1.29 is 17.6 Å². The highest BCUT2D eigenvalue weighted by Crippen LogP contribution is 2.11. The molecule has 2 aromatic rings. The Hall–Kier alpha value is -2.21. The summed E-state index contributed by atoms with van der Waals surface area (Å²) in [5.41, 5.74) is 1.47. The second-order valence-electron chi connectivity index (χ2n) is 5.61. The van der Waals surface area contributed by atoms with Gasteiger partial charge in [0.2, 0.25) is 5.91 Å². The Morgan fingerprint density at radius 1 is 1.04 bits per heavy atom. The number of carbonyl (C=O) groups excluding carboxylic acids is 1. The van der Waals surface area contributed by atoms with Gasteiger partial charge in [0, 0.05) is 19.2 Å². The van der Waals surface area contributed by atoms with E-state index in [1.165, 1.54) is 6.07 Å². The molecule has 0 radical (unpaired) electrons. The fraction of sp³-hybridized carbons (Fsp3) is 0.278. The lowest BCUT2D eigenvalue weighted by atomic mass is 10.1. The van der Waals surface area contributed by atoms with Crippen molar-refractivity contribution in [2.24, 2.45) is 0 Å². The van der Waals surface area contributed by atoms with Crippen molar-refractivity contribution in [2.75, 3.05) is 12.8 Å². The summed E-state index contributed by atoms with van der Waals surface area (Å²) < 4.78 is 36.2. The number of sulfone groups is 1. The van der Waals surface area contributed by atoms with Crippen LogP contribution >= 0.6 is 0 Å². The number of benzene rings is 2. The quantitative estimate of drug-likeness (QED) is 0.835. The highest BCUT2D eigenvalue weighted by Gasteiger charge is 2.07. The van der Waals surface area contributed by atoms with Crippen LogP contribution in [0.15, 0.2) is 53.4 Å². The van der Waals surface area contributed by atoms with Gasteiger partial charge in [0.05, 0.1) is 4.90 Å². The van der Waals surface area contributed by atoms with Crippen LogP contribution in [0.2, 0.25) is 0 Å². The van der Waals surface area contributed by atoms with Crippen molar-refractivity contribution in [3.8, 4) is 0 Å². The van der Waals surface area contributed by atoms with Gasteiger partial charge in [-0.3, -0.25) is 4.79 Å². The van der Waals surface area contributed by atoms with Crippen LogP contribution in [0.25, 0.3) is 0 Å². The Morgan fingerprint density at radius 3 is 2.33 bits per heavy atom. The second-order valence-corrected chi connectivity index (χ2v) is 7.62. The molecule has 0 aliphatic rings. The first kappa shape index (κ1) is 18.1. The molecular formula is C18H20FNO3S. The van der Waals surface area contributed by atoms with Crippen LogP contribution in [-0.2, 0) is 27.5 Å². The molecule has 0 fully saturated rings. The molecule has 0 heterocycles. The van der Waals surface area contributed by atoms with Crippen LogP contribution in [0, 0.1) is 5.82 Å². The normalized spacial score (nSPS) is 11.2. The number of aryl methyl sites for hydroxylation is 1. The fourth-order valence-corrected chi connectivity index (χ4v) is 2.92. The fourth-order valence-electron chi connectivity index (χ4n) is 2.29. The van der Waals surface area contributed by atoms with Crippen LogP contribution in [0.3, 0.4) is 0 Å². The molecule has 4 nitrogen and oxygen atoms in total. The Kier molecular flexibility index (Phi) is 6.09. The van der Waals surface area contributed by atoms with Crippen LogP contribution < -0.4 is 5.32 Å². The summed E-state index contributed by atoms with van der Waals surface area (Å²) in [4.78, 5) is 12.1.